The minimum Gasteiger partial charge on any atom is -0.508 e. The largest absolute Gasteiger partial charge is 0.508 e. The summed E-state index contributed by atoms with van der Waals surface area (Å²) in [6.07, 6.45) is 0. The molecule has 5 heteroatoms. The van der Waals surface area contributed by atoms with Crippen LogP contribution in [0.5, 0.6) is 5.75 Å². The summed E-state index contributed by atoms with van der Waals surface area (Å²) in [5, 5.41) is 26.0. The van der Waals surface area contributed by atoms with Crippen LogP contribution >= 0.6 is 11.6 Å². The van der Waals surface area contributed by atoms with E-state index in [0.717, 1.165) is 0 Å². The van der Waals surface area contributed by atoms with Crippen LogP contribution in [-0.2, 0) is 0 Å². The number of aromatic hydroxyl groups is 1. The van der Waals surface area contributed by atoms with Crippen molar-refractivity contribution in [3.05, 3.63) is 28.9 Å². The van der Waals surface area contributed by atoms with Crippen LogP contribution in [0.2, 0.25) is 5.02 Å². The second-order valence-corrected chi connectivity index (χ2v) is 3.05. The molecule has 1 aromatic heterocycles. The molecule has 2 rings (SSSR count). The minimum absolute atomic E-state index is 0.0600. The fourth-order valence-electron chi connectivity index (χ4n) is 1.13. The van der Waals surface area contributed by atoms with E-state index in [9.17, 15) is 5.11 Å². The lowest BCUT2D eigenvalue weighted by atomic mass is 10.2. The fourth-order valence-corrected chi connectivity index (χ4v) is 1.37. The Balaban J connectivity index is 2.88. The zero-order valence-electron chi connectivity index (χ0n) is 6.90. The molecular formula is C9H4ClN3O. The molecule has 0 saturated carbocycles. The van der Waals surface area contributed by atoms with Crippen molar-refractivity contribution in [1.29, 1.82) is 5.26 Å². The van der Waals surface area contributed by atoms with Crippen molar-refractivity contribution in [3.63, 3.8) is 0 Å². The molecule has 0 radical (unpaired) electrons. The second kappa shape index (κ2) is 3.13. The Hall–Kier alpha value is -1.86. The van der Waals surface area contributed by atoms with E-state index >= 15 is 0 Å². The highest BCUT2D eigenvalue weighted by molar-refractivity contribution is 6.36. The van der Waals surface area contributed by atoms with Crippen molar-refractivity contribution in [1.82, 2.24) is 10.2 Å². The highest BCUT2D eigenvalue weighted by Crippen LogP contribution is 2.26. The van der Waals surface area contributed by atoms with Gasteiger partial charge in [-0.25, -0.2) is 0 Å². The van der Waals surface area contributed by atoms with Crippen molar-refractivity contribution in [3.8, 4) is 11.8 Å². The summed E-state index contributed by atoms with van der Waals surface area (Å²) in [7, 11) is 0. The number of benzene rings is 1. The summed E-state index contributed by atoms with van der Waals surface area (Å²) in [6, 6.07) is 6.34. The van der Waals surface area contributed by atoms with Gasteiger partial charge in [-0.15, -0.1) is 10.2 Å². The van der Waals surface area contributed by atoms with Crippen LogP contribution in [0.25, 0.3) is 10.9 Å². The van der Waals surface area contributed by atoms with Gasteiger partial charge in [0.2, 0.25) is 0 Å². The topological polar surface area (TPSA) is 69.8 Å². The standard InChI is InChI=1S/C9H4ClN3O/c10-9-6-3-5(14)1-2-7(6)12-13-8(9)4-11/h1-3,14H. The van der Waals surface area contributed by atoms with Gasteiger partial charge >= 0.3 is 0 Å². The van der Waals surface area contributed by atoms with Gasteiger partial charge in [0.05, 0.1) is 10.5 Å². The van der Waals surface area contributed by atoms with Gasteiger partial charge in [-0.1, -0.05) is 11.6 Å². The van der Waals surface area contributed by atoms with E-state index in [-0.39, 0.29) is 16.5 Å². The number of rotatable bonds is 0. The number of aromatic nitrogens is 2. The monoisotopic (exact) mass is 205 g/mol. The maximum absolute atomic E-state index is 9.23. The molecule has 4 nitrogen and oxygen atoms in total. The lowest BCUT2D eigenvalue weighted by Crippen LogP contribution is -1.90. The first-order chi connectivity index (χ1) is 6.72. The lowest BCUT2D eigenvalue weighted by Gasteiger charge is -2.00. The van der Waals surface area contributed by atoms with Gasteiger partial charge in [0, 0.05) is 5.39 Å². The van der Waals surface area contributed by atoms with Crippen LogP contribution < -0.4 is 0 Å². The normalized spacial score (nSPS) is 10.0. The molecule has 0 spiro atoms. The molecule has 0 saturated heterocycles. The third kappa shape index (κ3) is 1.24. The number of halogens is 1. The Morgan fingerprint density at radius 3 is 2.86 bits per heavy atom. The van der Waals surface area contributed by atoms with Gasteiger partial charge in [0.25, 0.3) is 0 Å². The molecule has 0 aliphatic carbocycles. The summed E-state index contributed by atoms with van der Waals surface area (Å²) in [4.78, 5) is 0. The van der Waals surface area contributed by atoms with E-state index in [1.165, 1.54) is 12.1 Å². The lowest BCUT2D eigenvalue weighted by molar-refractivity contribution is 0.476. The highest BCUT2D eigenvalue weighted by Gasteiger charge is 2.08. The van der Waals surface area contributed by atoms with E-state index in [0.29, 0.717) is 10.9 Å². The zero-order valence-corrected chi connectivity index (χ0v) is 7.65. The molecule has 0 bridgehead atoms. The molecule has 68 valence electrons. The maximum Gasteiger partial charge on any atom is 0.182 e. The van der Waals surface area contributed by atoms with Crippen LogP contribution in [0.4, 0.5) is 0 Å². The maximum atomic E-state index is 9.23. The number of phenols is 1. The van der Waals surface area contributed by atoms with Crippen molar-refractivity contribution in [2.24, 2.45) is 0 Å². The zero-order chi connectivity index (χ0) is 10.1. The quantitative estimate of drug-likeness (QED) is 0.713. The smallest absolute Gasteiger partial charge is 0.182 e. The molecule has 0 aliphatic heterocycles. The summed E-state index contributed by atoms with van der Waals surface area (Å²) in [6.45, 7) is 0. The Morgan fingerprint density at radius 1 is 1.36 bits per heavy atom. The average molecular weight is 206 g/mol. The summed E-state index contributed by atoms with van der Waals surface area (Å²) in [5.41, 5.74) is 0.608. The van der Waals surface area contributed by atoms with Crippen molar-refractivity contribution >= 4 is 22.5 Å². The number of hydrogen-bond donors (Lipinski definition) is 1. The van der Waals surface area contributed by atoms with Crippen LogP contribution in [0.3, 0.4) is 0 Å². The third-order valence-corrected chi connectivity index (χ3v) is 2.17. The van der Waals surface area contributed by atoms with Crippen LogP contribution in [0, 0.1) is 11.3 Å². The van der Waals surface area contributed by atoms with E-state index in [1.807, 2.05) is 6.07 Å². The SMILES string of the molecule is N#Cc1nnc2ccc(O)cc2c1Cl. The molecular weight excluding hydrogens is 202 g/mol. The predicted octanol–water partition coefficient (Wildman–Crippen LogP) is 1.86. The van der Waals surface area contributed by atoms with E-state index in [4.69, 9.17) is 16.9 Å². The van der Waals surface area contributed by atoms with E-state index in [1.54, 1.807) is 6.07 Å². The number of hydrogen-bond acceptors (Lipinski definition) is 4. The Kier molecular flexibility index (Phi) is 1.95. The molecule has 0 amide bonds. The number of nitrogens with zero attached hydrogens (tertiary/aromatic N) is 3. The van der Waals surface area contributed by atoms with Gasteiger partial charge in [0.1, 0.15) is 11.8 Å². The first kappa shape index (κ1) is 8.73. The molecule has 1 heterocycles. The average Bonchev–Trinajstić information content (AvgIpc) is 2.20. The molecule has 2 aromatic rings. The Bertz CT molecular complexity index is 547. The Labute approximate surface area is 84.4 Å². The highest BCUT2D eigenvalue weighted by atomic mass is 35.5. The number of nitriles is 1. The molecule has 14 heavy (non-hydrogen) atoms. The van der Waals surface area contributed by atoms with Gasteiger partial charge < -0.3 is 5.11 Å². The van der Waals surface area contributed by atoms with Crippen LogP contribution in [-0.4, -0.2) is 15.3 Å². The molecule has 0 fully saturated rings. The molecule has 1 aromatic carbocycles. The van der Waals surface area contributed by atoms with Gasteiger partial charge in [-0.2, -0.15) is 5.26 Å². The van der Waals surface area contributed by atoms with Crippen molar-refractivity contribution in [2.45, 2.75) is 0 Å². The number of fused-ring (bicyclic) bond motifs is 1. The van der Waals surface area contributed by atoms with Crippen LogP contribution in [0.15, 0.2) is 18.2 Å². The minimum atomic E-state index is 0.0600. The van der Waals surface area contributed by atoms with E-state index in [2.05, 4.69) is 10.2 Å². The van der Waals surface area contributed by atoms with Gasteiger partial charge in [-0.05, 0) is 18.2 Å². The van der Waals surface area contributed by atoms with E-state index < -0.39 is 0 Å². The summed E-state index contributed by atoms with van der Waals surface area (Å²) < 4.78 is 0. The first-order valence-corrected chi connectivity index (χ1v) is 4.15. The molecule has 0 aliphatic rings. The van der Waals surface area contributed by atoms with Gasteiger partial charge in [-0.3, -0.25) is 0 Å². The first-order valence-electron chi connectivity index (χ1n) is 3.77. The molecule has 0 atom stereocenters. The summed E-state index contributed by atoms with van der Waals surface area (Å²) >= 11 is 5.88. The number of phenolic OH excluding ortho intramolecular Hbond substituents is 1. The predicted molar refractivity (Wildman–Crippen MR) is 50.9 cm³/mol. The molecule has 1 N–H and O–H groups in total. The van der Waals surface area contributed by atoms with Crippen LogP contribution in [0.1, 0.15) is 5.69 Å². The molecule has 0 unspecified atom stereocenters. The van der Waals surface area contributed by atoms with Crippen molar-refractivity contribution < 1.29 is 5.11 Å². The second-order valence-electron chi connectivity index (χ2n) is 2.68. The summed E-state index contributed by atoms with van der Waals surface area (Å²) in [5.74, 6) is 0.0799. The van der Waals surface area contributed by atoms with Crippen molar-refractivity contribution in [2.75, 3.05) is 0 Å². The van der Waals surface area contributed by atoms with Gasteiger partial charge in [0.15, 0.2) is 5.69 Å². The third-order valence-electron chi connectivity index (χ3n) is 1.79. The Morgan fingerprint density at radius 2 is 2.14 bits per heavy atom. The fraction of sp³-hybridized carbons (Fsp3) is 0.